The number of benzene rings is 1. The van der Waals surface area contributed by atoms with E-state index in [1.807, 2.05) is 25.1 Å². The highest BCUT2D eigenvalue weighted by molar-refractivity contribution is 5.85. The summed E-state index contributed by atoms with van der Waals surface area (Å²) < 4.78 is 29.2. The molecule has 0 radical (unpaired) electrons. The maximum absolute atomic E-state index is 15.0. The quantitative estimate of drug-likeness (QED) is 0.373. The highest BCUT2D eigenvalue weighted by atomic mass is 19.1. The molecular weight excluding hydrogens is 451 g/mol. The SMILES string of the molecule is CN(C)CCOCc1ccc(-c2cc(-c3c(N)n(C)c(=O)n3C3CCOCC3)c(N)cc2F)cn1. The number of halogens is 1. The smallest absolute Gasteiger partial charge is 0.330 e. The molecule has 4 rings (SSSR count). The van der Waals surface area contributed by atoms with Crippen LogP contribution < -0.4 is 17.2 Å². The minimum Gasteiger partial charge on any atom is -0.398 e. The highest BCUT2D eigenvalue weighted by Gasteiger charge is 2.27. The monoisotopic (exact) mass is 484 g/mol. The Morgan fingerprint density at radius 2 is 1.94 bits per heavy atom. The van der Waals surface area contributed by atoms with Crippen LogP contribution in [0.15, 0.2) is 35.3 Å². The predicted molar refractivity (Wildman–Crippen MR) is 134 cm³/mol. The molecule has 3 heterocycles. The van der Waals surface area contributed by atoms with Crippen LogP contribution in [0.3, 0.4) is 0 Å². The molecular formula is C25H33FN6O3. The lowest BCUT2D eigenvalue weighted by atomic mass is 9.99. The summed E-state index contributed by atoms with van der Waals surface area (Å²) in [6.45, 7) is 2.92. The van der Waals surface area contributed by atoms with Crippen LogP contribution in [0.1, 0.15) is 24.6 Å². The van der Waals surface area contributed by atoms with Crippen LogP contribution >= 0.6 is 0 Å². The van der Waals surface area contributed by atoms with Gasteiger partial charge in [-0.15, -0.1) is 0 Å². The summed E-state index contributed by atoms with van der Waals surface area (Å²) in [7, 11) is 5.59. The molecule has 1 saturated heterocycles. The summed E-state index contributed by atoms with van der Waals surface area (Å²) in [5, 5.41) is 0. The summed E-state index contributed by atoms with van der Waals surface area (Å²) in [5.41, 5.74) is 15.3. The minimum atomic E-state index is -0.475. The van der Waals surface area contributed by atoms with E-state index in [0.29, 0.717) is 61.7 Å². The average Bonchev–Trinajstić information content (AvgIpc) is 3.07. The van der Waals surface area contributed by atoms with Crippen LogP contribution in [-0.2, 0) is 23.1 Å². The average molecular weight is 485 g/mol. The molecule has 188 valence electrons. The van der Waals surface area contributed by atoms with Crippen LogP contribution in [0, 0.1) is 5.82 Å². The number of anilines is 2. The summed E-state index contributed by atoms with van der Waals surface area (Å²) in [6, 6.07) is 6.46. The van der Waals surface area contributed by atoms with Gasteiger partial charge in [0.2, 0.25) is 0 Å². The molecule has 1 aliphatic rings. The molecule has 0 saturated carbocycles. The first-order chi connectivity index (χ1) is 16.8. The van der Waals surface area contributed by atoms with Gasteiger partial charge in [0.05, 0.1) is 24.6 Å². The number of imidazole rings is 1. The molecule has 1 aliphatic heterocycles. The van der Waals surface area contributed by atoms with E-state index in [-0.39, 0.29) is 23.2 Å². The molecule has 2 aromatic heterocycles. The zero-order chi connectivity index (χ0) is 25.1. The fourth-order valence-electron chi connectivity index (χ4n) is 4.30. The van der Waals surface area contributed by atoms with Crippen LogP contribution in [0.5, 0.6) is 0 Å². The van der Waals surface area contributed by atoms with Gasteiger partial charge in [0.25, 0.3) is 0 Å². The van der Waals surface area contributed by atoms with Crippen molar-refractivity contribution in [2.75, 3.05) is 51.9 Å². The number of likely N-dealkylation sites (N-methyl/N-ethyl adjacent to an activating group) is 1. The first-order valence-electron chi connectivity index (χ1n) is 11.7. The zero-order valence-corrected chi connectivity index (χ0v) is 20.5. The van der Waals surface area contributed by atoms with Crippen LogP contribution in [0.25, 0.3) is 22.4 Å². The number of ether oxygens (including phenoxy) is 2. The minimum absolute atomic E-state index is 0.0731. The molecule has 0 atom stereocenters. The first-order valence-corrected chi connectivity index (χ1v) is 11.7. The largest absolute Gasteiger partial charge is 0.398 e. The van der Waals surface area contributed by atoms with Crippen molar-refractivity contribution in [3.8, 4) is 22.4 Å². The van der Waals surface area contributed by atoms with Crippen molar-refractivity contribution in [2.24, 2.45) is 7.05 Å². The third-order valence-electron chi connectivity index (χ3n) is 6.36. The van der Waals surface area contributed by atoms with Gasteiger partial charge in [-0.2, -0.15) is 0 Å². The second-order valence-corrected chi connectivity index (χ2v) is 9.10. The first kappa shape index (κ1) is 24.9. The van der Waals surface area contributed by atoms with Gasteiger partial charge in [-0.25, -0.2) is 9.18 Å². The maximum Gasteiger partial charge on any atom is 0.330 e. The molecule has 0 spiro atoms. The number of nitrogens with zero attached hydrogens (tertiary/aromatic N) is 4. The standard InChI is InChI=1S/C25H33FN6O3/c1-30(2)8-11-35-15-17-5-4-16(14-29-17)19-12-20(22(27)13-21(19)26)23-24(28)31(3)25(33)32(23)18-6-9-34-10-7-18/h4-5,12-14,18H,6-11,15,27-28H2,1-3H3. The van der Waals surface area contributed by atoms with E-state index < -0.39 is 5.82 Å². The van der Waals surface area contributed by atoms with Gasteiger partial charge in [0.1, 0.15) is 11.6 Å². The van der Waals surface area contributed by atoms with Gasteiger partial charge >= 0.3 is 5.69 Å². The van der Waals surface area contributed by atoms with Gasteiger partial charge < -0.3 is 25.8 Å². The Bertz CT molecular complexity index is 1230. The van der Waals surface area contributed by atoms with E-state index in [1.54, 1.807) is 29.9 Å². The van der Waals surface area contributed by atoms with Crippen molar-refractivity contribution >= 4 is 11.5 Å². The van der Waals surface area contributed by atoms with E-state index in [0.717, 1.165) is 12.2 Å². The van der Waals surface area contributed by atoms with Gasteiger partial charge in [-0.1, -0.05) is 6.07 Å². The molecule has 1 aromatic carbocycles. The van der Waals surface area contributed by atoms with E-state index in [4.69, 9.17) is 20.9 Å². The number of nitrogens with two attached hydrogens (primary N) is 2. The Balaban J connectivity index is 1.68. The summed E-state index contributed by atoms with van der Waals surface area (Å²) in [6.07, 6.45) is 2.99. The van der Waals surface area contributed by atoms with Crippen molar-refractivity contribution < 1.29 is 13.9 Å². The maximum atomic E-state index is 15.0. The van der Waals surface area contributed by atoms with Crippen molar-refractivity contribution in [3.63, 3.8) is 0 Å². The lowest BCUT2D eigenvalue weighted by Gasteiger charge is -2.25. The van der Waals surface area contributed by atoms with Crippen molar-refractivity contribution in [1.29, 1.82) is 0 Å². The van der Waals surface area contributed by atoms with Crippen molar-refractivity contribution in [1.82, 2.24) is 19.0 Å². The van der Waals surface area contributed by atoms with E-state index in [1.165, 1.54) is 10.6 Å². The van der Waals surface area contributed by atoms with E-state index in [2.05, 4.69) is 4.98 Å². The number of aromatic nitrogens is 3. The lowest BCUT2D eigenvalue weighted by molar-refractivity contribution is 0.0690. The molecule has 4 N–H and O–H groups in total. The van der Waals surface area contributed by atoms with Gasteiger partial charge in [-0.3, -0.25) is 14.1 Å². The van der Waals surface area contributed by atoms with E-state index >= 15 is 4.39 Å². The Morgan fingerprint density at radius 1 is 1.20 bits per heavy atom. The molecule has 3 aromatic rings. The van der Waals surface area contributed by atoms with Gasteiger partial charge in [0.15, 0.2) is 0 Å². The molecule has 35 heavy (non-hydrogen) atoms. The summed E-state index contributed by atoms with van der Waals surface area (Å²) >= 11 is 0. The predicted octanol–water partition coefficient (Wildman–Crippen LogP) is 2.65. The van der Waals surface area contributed by atoms with Crippen LogP contribution in [0.4, 0.5) is 15.9 Å². The fraction of sp³-hybridized carbons (Fsp3) is 0.440. The summed E-state index contributed by atoms with van der Waals surface area (Å²) in [5.74, 6) is -0.188. The third-order valence-corrected chi connectivity index (χ3v) is 6.36. The molecule has 0 aliphatic carbocycles. The molecule has 0 unspecified atom stereocenters. The zero-order valence-electron chi connectivity index (χ0n) is 20.5. The second kappa shape index (κ2) is 10.6. The van der Waals surface area contributed by atoms with E-state index in [9.17, 15) is 4.79 Å². The van der Waals surface area contributed by atoms with Crippen LogP contribution in [-0.4, -0.2) is 59.5 Å². The number of nitrogen functional groups attached to an aromatic ring is 2. The van der Waals surface area contributed by atoms with Crippen LogP contribution in [0.2, 0.25) is 0 Å². The number of hydrogen-bond acceptors (Lipinski definition) is 7. The number of rotatable bonds is 8. The van der Waals surface area contributed by atoms with Crippen molar-refractivity contribution in [2.45, 2.75) is 25.5 Å². The normalized spacial score (nSPS) is 14.7. The number of hydrogen-bond donors (Lipinski definition) is 2. The fourth-order valence-corrected chi connectivity index (χ4v) is 4.30. The topological polar surface area (TPSA) is 114 Å². The second-order valence-electron chi connectivity index (χ2n) is 9.10. The summed E-state index contributed by atoms with van der Waals surface area (Å²) in [4.78, 5) is 19.5. The molecule has 1 fully saturated rings. The van der Waals surface area contributed by atoms with Crippen molar-refractivity contribution in [3.05, 3.63) is 52.5 Å². The Morgan fingerprint density at radius 3 is 2.60 bits per heavy atom. The number of pyridine rings is 1. The lowest BCUT2D eigenvalue weighted by Crippen LogP contribution is -2.30. The Hall–Kier alpha value is -3.21. The molecule has 0 bridgehead atoms. The van der Waals surface area contributed by atoms with Gasteiger partial charge in [0, 0.05) is 61.4 Å². The Labute approximate surface area is 204 Å². The highest BCUT2D eigenvalue weighted by Crippen LogP contribution is 2.38. The third kappa shape index (κ3) is 5.24. The van der Waals surface area contributed by atoms with Gasteiger partial charge in [-0.05, 0) is 45.1 Å². The molecule has 10 heteroatoms. The molecule has 0 amide bonds. The molecule has 9 nitrogen and oxygen atoms in total. The Kier molecular flexibility index (Phi) is 7.54.